The fraction of sp³-hybridized carbons (Fsp3) is 0.0588. The summed E-state index contributed by atoms with van der Waals surface area (Å²) in [5.41, 5.74) is 4.11. The number of imidazole rings is 2. The lowest BCUT2D eigenvalue weighted by Crippen LogP contribution is -1.95. The topological polar surface area (TPSA) is 60.4 Å². The third kappa shape index (κ3) is 6.15. The molecule has 0 bridgehead atoms. The number of rotatable bonds is 9. The Kier molecular flexibility index (Phi) is 8.44. The second kappa shape index (κ2) is 12.9. The van der Waals surface area contributed by atoms with Crippen LogP contribution in [0.5, 0.6) is 0 Å². The van der Waals surface area contributed by atoms with Gasteiger partial charge < -0.3 is 9.13 Å². The Morgan fingerprint density at radius 2 is 0.833 bits per heavy atom. The van der Waals surface area contributed by atoms with Gasteiger partial charge in [-0.15, -0.1) is 0 Å². The third-order valence-corrected chi connectivity index (χ3v) is 9.09. The molecule has 0 aliphatic carbocycles. The maximum atomic E-state index is 4.96. The first kappa shape index (κ1) is 27.5. The van der Waals surface area contributed by atoms with E-state index in [1.807, 2.05) is 124 Å². The van der Waals surface area contributed by atoms with Crippen molar-refractivity contribution >= 4 is 45.7 Å². The molecule has 6 aromatic rings. The highest BCUT2D eigenvalue weighted by Crippen LogP contribution is 2.46. The molecule has 0 radical (unpaired) electrons. The van der Waals surface area contributed by atoms with Gasteiger partial charge in [0.1, 0.15) is 21.7 Å². The molecule has 2 heterocycles. The van der Waals surface area contributed by atoms with Gasteiger partial charge in [-0.2, -0.15) is 0 Å². The van der Waals surface area contributed by atoms with Gasteiger partial charge in [-0.1, -0.05) is 121 Å². The second-order valence-electron chi connectivity index (χ2n) is 9.48. The molecule has 0 aliphatic rings. The maximum Gasteiger partial charge on any atom is 0.185 e. The van der Waals surface area contributed by atoms with Crippen molar-refractivity contribution in [3.05, 3.63) is 132 Å². The number of aliphatic imine (C=N–C) groups is 2. The van der Waals surface area contributed by atoms with E-state index < -0.39 is 0 Å². The normalized spacial score (nSPS) is 11.6. The summed E-state index contributed by atoms with van der Waals surface area (Å²) in [4.78, 5) is 19.6. The highest BCUT2D eigenvalue weighted by molar-refractivity contribution is 8.76. The van der Waals surface area contributed by atoms with E-state index in [0.29, 0.717) is 11.6 Å². The van der Waals surface area contributed by atoms with Crippen LogP contribution >= 0.6 is 21.6 Å². The van der Waals surface area contributed by atoms with Crippen molar-refractivity contribution in [1.29, 1.82) is 0 Å². The van der Waals surface area contributed by atoms with Crippen molar-refractivity contribution < 1.29 is 0 Å². The Labute approximate surface area is 253 Å². The Hall–Kier alpha value is -4.66. The molecule has 2 aromatic heterocycles. The standard InChI is InChI=1S/C34H28N6S2/c1-39-31(27-19-11-5-12-20-27)37-29(35-23-25-15-7-3-8-16-25)33(39)41-42-34-30(36-24-26-17-9-4-10-18-26)38-32(40(34)2)28-21-13-6-14-22-28/h3-24H,1-2H3/b35-23+,36-24+. The van der Waals surface area contributed by atoms with E-state index >= 15 is 0 Å². The van der Waals surface area contributed by atoms with Crippen molar-refractivity contribution in [1.82, 2.24) is 19.1 Å². The quantitative estimate of drug-likeness (QED) is 0.126. The Morgan fingerprint density at radius 3 is 1.19 bits per heavy atom. The fourth-order valence-corrected chi connectivity index (χ4v) is 6.90. The minimum Gasteiger partial charge on any atom is -0.320 e. The van der Waals surface area contributed by atoms with Crippen molar-refractivity contribution in [2.24, 2.45) is 24.1 Å². The van der Waals surface area contributed by atoms with Crippen molar-refractivity contribution in [2.75, 3.05) is 0 Å². The first-order valence-electron chi connectivity index (χ1n) is 13.4. The van der Waals surface area contributed by atoms with Gasteiger partial charge >= 0.3 is 0 Å². The number of benzene rings is 4. The fourth-order valence-electron chi connectivity index (χ4n) is 4.41. The lowest BCUT2D eigenvalue weighted by atomic mass is 10.2. The first-order valence-corrected chi connectivity index (χ1v) is 15.6. The summed E-state index contributed by atoms with van der Waals surface area (Å²) in [5, 5.41) is 1.87. The molecule has 0 atom stereocenters. The Bertz CT molecular complexity index is 1690. The predicted molar refractivity (Wildman–Crippen MR) is 176 cm³/mol. The van der Waals surface area contributed by atoms with E-state index in [1.165, 1.54) is 0 Å². The summed E-state index contributed by atoms with van der Waals surface area (Å²) in [6.07, 6.45) is 3.72. The number of aromatic nitrogens is 4. The van der Waals surface area contributed by atoms with Crippen LogP contribution in [0, 0.1) is 0 Å². The molecular formula is C34H28N6S2. The molecule has 0 saturated heterocycles. The van der Waals surface area contributed by atoms with Crippen LogP contribution in [-0.2, 0) is 14.1 Å². The zero-order chi connectivity index (χ0) is 28.7. The molecule has 42 heavy (non-hydrogen) atoms. The molecule has 0 unspecified atom stereocenters. The van der Waals surface area contributed by atoms with Crippen LogP contribution in [0.2, 0.25) is 0 Å². The highest BCUT2D eigenvalue weighted by atomic mass is 33.1. The third-order valence-electron chi connectivity index (χ3n) is 6.59. The van der Waals surface area contributed by atoms with Crippen LogP contribution < -0.4 is 0 Å². The summed E-state index contributed by atoms with van der Waals surface area (Å²) in [5.74, 6) is 3.04. The molecular weight excluding hydrogens is 557 g/mol. The van der Waals surface area contributed by atoms with Crippen molar-refractivity contribution in [2.45, 2.75) is 10.1 Å². The number of nitrogens with zero attached hydrogens (tertiary/aromatic N) is 6. The van der Waals surface area contributed by atoms with Gasteiger partial charge in [0.05, 0.1) is 0 Å². The zero-order valence-electron chi connectivity index (χ0n) is 23.2. The first-order chi connectivity index (χ1) is 20.7. The van der Waals surface area contributed by atoms with Crippen LogP contribution in [0.1, 0.15) is 11.1 Å². The Balaban J connectivity index is 1.38. The minimum absolute atomic E-state index is 0.664. The summed E-state index contributed by atoms with van der Waals surface area (Å²) >= 11 is 0. The van der Waals surface area contributed by atoms with Gasteiger partial charge in [0, 0.05) is 37.7 Å². The van der Waals surface area contributed by atoms with Gasteiger partial charge in [-0.05, 0) is 32.7 Å². The summed E-state index contributed by atoms with van der Waals surface area (Å²) < 4.78 is 4.21. The number of hydrogen-bond acceptors (Lipinski definition) is 6. The largest absolute Gasteiger partial charge is 0.320 e. The van der Waals surface area contributed by atoms with E-state index in [1.54, 1.807) is 21.6 Å². The molecule has 206 valence electrons. The van der Waals surface area contributed by atoms with Gasteiger partial charge in [0.25, 0.3) is 0 Å². The zero-order valence-corrected chi connectivity index (χ0v) is 24.8. The molecule has 0 fully saturated rings. The monoisotopic (exact) mass is 584 g/mol. The summed E-state index contributed by atoms with van der Waals surface area (Å²) in [6.45, 7) is 0. The van der Waals surface area contributed by atoms with Crippen molar-refractivity contribution in [3.8, 4) is 22.8 Å². The lowest BCUT2D eigenvalue weighted by Gasteiger charge is -2.08. The minimum atomic E-state index is 0.664. The van der Waals surface area contributed by atoms with Gasteiger partial charge in [-0.25, -0.2) is 20.0 Å². The van der Waals surface area contributed by atoms with Crippen molar-refractivity contribution in [3.63, 3.8) is 0 Å². The second-order valence-corrected chi connectivity index (χ2v) is 11.6. The Morgan fingerprint density at radius 1 is 0.500 bits per heavy atom. The average Bonchev–Trinajstić information content (AvgIpc) is 3.54. The molecule has 6 rings (SSSR count). The molecule has 8 heteroatoms. The van der Waals surface area contributed by atoms with Crippen LogP contribution in [0.25, 0.3) is 22.8 Å². The summed E-state index contributed by atoms with van der Waals surface area (Å²) in [6, 6.07) is 40.5. The van der Waals surface area contributed by atoms with Crippen LogP contribution in [0.15, 0.2) is 141 Å². The van der Waals surface area contributed by atoms with E-state index in [9.17, 15) is 0 Å². The molecule has 4 aromatic carbocycles. The van der Waals surface area contributed by atoms with E-state index in [-0.39, 0.29) is 0 Å². The van der Waals surface area contributed by atoms with E-state index in [4.69, 9.17) is 20.0 Å². The summed E-state index contributed by atoms with van der Waals surface area (Å²) in [7, 11) is 7.28. The SMILES string of the molecule is Cn1c(-c2ccccc2)nc(/N=C/c2ccccc2)c1SSc1c(/N=C/c2ccccc2)nc(-c2ccccc2)n1C. The van der Waals surface area contributed by atoms with E-state index in [2.05, 4.69) is 33.4 Å². The molecule has 0 spiro atoms. The highest BCUT2D eigenvalue weighted by Gasteiger charge is 2.21. The van der Waals surface area contributed by atoms with Crippen LogP contribution in [0.3, 0.4) is 0 Å². The molecule has 0 amide bonds. The maximum absolute atomic E-state index is 4.96. The molecule has 0 N–H and O–H groups in total. The molecule has 0 saturated carbocycles. The van der Waals surface area contributed by atoms with Crippen LogP contribution in [0.4, 0.5) is 11.6 Å². The lowest BCUT2D eigenvalue weighted by molar-refractivity contribution is 0.833. The number of hydrogen-bond donors (Lipinski definition) is 0. The van der Waals surface area contributed by atoms with Crippen LogP contribution in [-0.4, -0.2) is 31.5 Å². The van der Waals surface area contributed by atoms with Gasteiger partial charge in [0.15, 0.2) is 11.6 Å². The van der Waals surface area contributed by atoms with E-state index in [0.717, 1.165) is 44.0 Å². The average molecular weight is 585 g/mol. The predicted octanol–water partition coefficient (Wildman–Crippen LogP) is 8.79. The van der Waals surface area contributed by atoms with Gasteiger partial charge in [0.2, 0.25) is 0 Å². The smallest absolute Gasteiger partial charge is 0.185 e. The molecule has 6 nitrogen and oxygen atoms in total. The van der Waals surface area contributed by atoms with Gasteiger partial charge in [-0.3, -0.25) is 0 Å². The molecule has 0 aliphatic heterocycles.